The molecule has 1 amide bonds. The molecule has 142 valence electrons. The summed E-state index contributed by atoms with van der Waals surface area (Å²) in [4.78, 5) is 16.1. The molecule has 0 radical (unpaired) electrons. The lowest BCUT2D eigenvalue weighted by atomic mass is 10.3. The number of thiazole rings is 1. The molecule has 0 spiro atoms. The third-order valence-corrected chi connectivity index (χ3v) is 6.51. The highest BCUT2D eigenvalue weighted by molar-refractivity contribution is 9.10. The molecule has 3 rings (SSSR count). The Hall–Kier alpha value is -2.24. The summed E-state index contributed by atoms with van der Waals surface area (Å²) in [5.41, 5.74) is 1.38. The molecular weight excluding hydrogens is 454 g/mol. The SMILES string of the molecule is Cc1nn(CCC(=O)Nc2ccc(S(=O)(=O)Nc3nccs3)cc2)cc1Br. The lowest BCUT2D eigenvalue weighted by Gasteiger charge is -2.08. The van der Waals surface area contributed by atoms with Crippen LogP contribution < -0.4 is 10.0 Å². The number of benzene rings is 1. The molecule has 0 aliphatic carbocycles. The third kappa shape index (κ3) is 5.15. The summed E-state index contributed by atoms with van der Waals surface area (Å²) in [6, 6.07) is 5.95. The first-order chi connectivity index (χ1) is 12.8. The summed E-state index contributed by atoms with van der Waals surface area (Å²) < 4.78 is 29.5. The van der Waals surface area contributed by atoms with E-state index in [0.717, 1.165) is 10.2 Å². The molecule has 0 aliphatic heterocycles. The fourth-order valence-electron chi connectivity index (χ4n) is 2.21. The summed E-state index contributed by atoms with van der Waals surface area (Å²) in [6.45, 7) is 2.32. The highest BCUT2D eigenvalue weighted by Gasteiger charge is 2.15. The van der Waals surface area contributed by atoms with E-state index in [9.17, 15) is 13.2 Å². The Kier molecular flexibility index (Phi) is 5.92. The summed E-state index contributed by atoms with van der Waals surface area (Å²) in [5.74, 6) is -0.184. The molecule has 8 nitrogen and oxygen atoms in total. The predicted molar refractivity (Wildman–Crippen MR) is 107 cm³/mol. The zero-order chi connectivity index (χ0) is 19.4. The average Bonchev–Trinajstić information content (AvgIpc) is 3.23. The maximum atomic E-state index is 12.3. The number of carbonyl (C=O) groups excluding carboxylic acids is 1. The van der Waals surface area contributed by atoms with Crippen LogP contribution in [0, 0.1) is 6.92 Å². The second-order valence-corrected chi connectivity index (χ2v) is 9.02. The summed E-state index contributed by atoms with van der Waals surface area (Å²) in [5, 5.41) is 8.99. The Morgan fingerprint density at radius 2 is 2.04 bits per heavy atom. The van der Waals surface area contributed by atoms with Crippen LogP contribution in [0.1, 0.15) is 12.1 Å². The Morgan fingerprint density at radius 1 is 1.30 bits per heavy atom. The Balaban J connectivity index is 1.57. The maximum absolute atomic E-state index is 12.3. The Labute approximate surface area is 168 Å². The normalized spacial score (nSPS) is 11.3. The van der Waals surface area contributed by atoms with Crippen molar-refractivity contribution in [1.82, 2.24) is 14.8 Å². The number of hydrogen-bond donors (Lipinski definition) is 2. The number of nitrogens with zero attached hydrogens (tertiary/aromatic N) is 3. The van der Waals surface area contributed by atoms with Crippen molar-refractivity contribution < 1.29 is 13.2 Å². The number of carbonyl (C=O) groups is 1. The van der Waals surface area contributed by atoms with E-state index >= 15 is 0 Å². The molecule has 0 atom stereocenters. The number of rotatable bonds is 7. The Morgan fingerprint density at radius 3 is 2.63 bits per heavy atom. The van der Waals surface area contributed by atoms with Crippen LogP contribution in [0.15, 0.2) is 51.4 Å². The van der Waals surface area contributed by atoms with Crippen LogP contribution >= 0.6 is 27.3 Å². The molecule has 1 aromatic carbocycles. The molecule has 27 heavy (non-hydrogen) atoms. The van der Waals surface area contributed by atoms with Crippen molar-refractivity contribution in [3.63, 3.8) is 0 Å². The van der Waals surface area contributed by atoms with Gasteiger partial charge in [0.1, 0.15) is 0 Å². The molecule has 3 aromatic rings. The lowest BCUT2D eigenvalue weighted by molar-refractivity contribution is -0.116. The van der Waals surface area contributed by atoms with Crippen molar-refractivity contribution in [2.75, 3.05) is 10.0 Å². The number of halogens is 1. The molecule has 0 saturated carbocycles. The topological polar surface area (TPSA) is 106 Å². The van der Waals surface area contributed by atoms with Crippen molar-refractivity contribution in [1.29, 1.82) is 0 Å². The highest BCUT2D eigenvalue weighted by Crippen LogP contribution is 2.19. The quantitative estimate of drug-likeness (QED) is 0.552. The average molecular weight is 470 g/mol. The van der Waals surface area contributed by atoms with Gasteiger partial charge < -0.3 is 5.32 Å². The highest BCUT2D eigenvalue weighted by atomic mass is 79.9. The minimum Gasteiger partial charge on any atom is -0.326 e. The fourth-order valence-corrected chi connectivity index (χ4v) is 4.32. The van der Waals surface area contributed by atoms with Gasteiger partial charge in [0.2, 0.25) is 5.91 Å². The van der Waals surface area contributed by atoms with Crippen LogP contribution in [0.3, 0.4) is 0 Å². The van der Waals surface area contributed by atoms with Crippen LogP contribution in [0.4, 0.5) is 10.8 Å². The second-order valence-electron chi connectivity index (χ2n) is 5.59. The van der Waals surface area contributed by atoms with Gasteiger partial charge >= 0.3 is 0 Å². The summed E-state index contributed by atoms with van der Waals surface area (Å²) in [6.07, 6.45) is 3.58. The molecule has 11 heteroatoms. The minimum atomic E-state index is -3.71. The van der Waals surface area contributed by atoms with Crippen molar-refractivity contribution >= 4 is 54.0 Å². The minimum absolute atomic E-state index is 0.0903. The van der Waals surface area contributed by atoms with E-state index in [1.54, 1.807) is 22.2 Å². The summed E-state index contributed by atoms with van der Waals surface area (Å²) >= 11 is 4.57. The van der Waals surface area contributed by atoms with E-state index in [2.05, 4.69) is 36.1 Å². The first kappa shape index (κ1) is 19.5. The maximum Gasteiger partial charge on any atom is 0.263 e. The molecule has 2 N–H and O–H groups in total. The van der Waals surface area contributed by atoms with Crippen LogP contribution in [-0.4, -0.2) is 29.1 Å². The number of anilines is 2. The second kappa shape index (κ2) is 8.19. The zero-order valence-electron chi connectivity index (χ0n) is 14.2. The smallest absolute Gasteiger partial charge is 0.263 e. The van der Waals surface area contributed by atoms with E-state index in [0.29, 0.717) is 17.4 Å². The summed E-state index contributed by atoms with van der Waals surface area (Å²) in [7, 11) is -3.71. The van der Waals surface area contributed by atoms with Gasteiger partial charge in [0.25, 0.3) is 10.0 Å². The first-order valence-corrected chi connectivity index (χ1v) is 11.0. The number of sulfonamides is 1. The van der Waals surface area contributed by atoms with Crippen LogP contribution in [0.5, 0.6) is 0 Å². The van der Waals surface area contributed by atoms with Crippen molar-refractivity contribution in [2.24, 2.45) is 0 Å². The van der Waals surface area contributed by atoms with Crippen LogP contribution in [0.25, 0.3) is 0 Å². The van der Waals surface area contributed by atoms with Crippen molar-refractivity contribution in [3.8, 4) is 0 Å². The van der Waals surface area contributed by atoms with E-state index in [1.807, 2.05) is 13.1 Å². The standard InChI is InChI=1S/C16H16BrN5O3S2/c1-11-14(17)10-22(20-11)8-6-15(23)19-12-2-4-13(5-3-12)27(24,25)21-16-18-7-9-26-16/h2-5,7,9-10H,6,8H2,1H3,(H,18,21)(H,19,23). The van der Waals surface area contributed by atoms with Gasteiger partial charge in [-0.1, -0.05) is 0 Å². The van der Waals surface area contributed by atoms with Gasteiger partial charge in [-0.25, -0.2) is 13.4 Å². The number of hydrogen-bond acceptors (Lipinski definition) is 6. The van der Waals surface area contributed by atoms with E-state index in [1.165, 1.54) is 29.7 Å². The van der Waals surface area contributed by atoms with Gasteiger partial charge in [0.05, 0.1) is 15.1 Å². The van der Waals surface area contributed by atoms with E-state index in [-0.39, 0.29) is 17.2 Å². The number of aromatic nitrogens is 3. The van der Waals surface area contributed by atoms with Crippen molar-refractivity contribution in [3.05, 3.63) is 52.2 Å². The largest absolute Gasteiger partial charge is 0.326 e. The molecule has 0 aliphatic rings. The van der Waals surface area contributed by atoms with E-state index < -0.39 is 10.0 Å². The molecule has 0 fully saturated rings. The number of aryl methyl sites for hydroxylation is 2. The molecule has 0 bridgehead atoms. The zero-order valence-corrected chi connectivity index (χ0v) is 17.4. The molecule has 0 unspecified atom stereocenters. The van der Waals surface area contributed by atoms with Gasteiger partial charge in [0.15, 0.2) is 5.13 Å². The monoisotopic (exact) mass is 469 g/mol. The number of amides is 1. The molecule has 0 saturated heterocycles. The molecule has 2 aromatic heterocycles. The Bertz CT molecular complexity index is 1010. The predicted octanol–water partition coefficient (Wildman–Crippen LogP) is 3.24. The third-order valence-electron chi connectivity index (χ3n) is 3.56. The van der Waals surface area contributed by atoms with Gasteiger partial charge in [-0.3, -0.25) is 14.2 Å². The molecular formula is C16H16BrN5O3S2. The van der Waals surface area contributed by atoms with Gasteiger partial charge in [-0.15, -0.1) is 11.3 Å². The fraction of sp³-hybridized carbons (Fsp3) is 0.188. The lowest BCUT2D eigenvalue weighted by Crippen LogP contribution is -2.15. The van der Waals surface area contributed by atoms with E-state index in [4.69, 9.17) is 0 Å². The van der Waals surface area contributed by atoms with Crippen LogP contribution in [0.2, 0.25) is 0 Å². The van der Waals surface area contributed by atoms with Gasteiger partial charge in [-0.05, 0) is 47.1 Å². The van der Waals surface area contributed by atoms with Crippen molar-refractivity contribution in [2.45, 2.75) is 24.8 Å². The first-order valence-electron chi connectivity index (χ1n) is 7.85. The van der Waals surface area contributed by atoms with Crippen LogP contribution in [-0.2, 0) is 21.4 Å². The molecule has 2 heterocycles. The number of nitrogens with one attached hydrogen (secondary N) is 2. The van der Waals surface area contributed by atoms with Gasteiger partial charge in [0, 0.05) is 36.4 Å². The van der Waals surface area contributed by atoms with Gasteiger partial charge in [-0.2, -0.15) is 5.10 Å².